The van der Waals surface area contributed by atoms with Gasteiger partial charge in [-0.05, 0) is 29.7 Å². The first-order valence-corrected chi connectivity index (χ1v) is 10.5. The van der Waals surface area contributed by atoms with E-state index < -0.39 is 0 Å². The average Bonchev–Trinajstić information content (AvgIpc) is 3.19. The third-order valence-electron chi connectivity index (χ3n) is 4.45. The number of amides is 2. The van der Waals surface area contributed by atoms with Crippen LogP contribution in [0.5, 0.6) is 0 Å². The van der Waals surface area contributed by atoms with E-state index in [4.69, 9.17) is 0 Å². The van der Waals surface area contributed by atoms with Gasteiger partial charge in [0.2, 0.25) is 0 Å². The zero-order chi connectivity index (χ0) is 19.9. The molecule has 0 fully saturated rings. The Morgan fingerprint density at radius 3 is 2.64 bits per heavy atom. The number of aromatic nitrogens is 1. The smallest absolute Gasteiger partial charge is 0.270 e. The largest absolute Gasteiger partial charge is 0.351 e. The molecule has 0 unspecified atom stereocenters. The van der Waals surface area contributed by atoms with E-state index in [2.05, 4.69) is 17.2 Å². The Bertz CT molecular complexity index is 962. The van der Waals surface area contributed by atoms with Crippen LogP contribution in [0, 0.1) is 0 Å². The highest BCUT2D eigenvalue weighted by atomic mass is 32.1. The van der Waals surface area contributed by atoms with Gasteiger partial charge in [-0.3, -0.25) is 9.59 Å². The van der Waals surface area contributed by atoms with E-state index in [-0.39, 0.29) is 11.8 Å². The molecule has 6 heteroatoms. The van der Waals surface area contributed by atoms with Crippen molar-refractivity contribution in [1.29, 1.82) is 0 Å². The molecule has 2 aromatic carbocycles. The minimum Gasteiger partial charge on any atom is -0.351 e. The maximum Gasteiger partial charge on any atom is 0.270 e. The summed E-state index contributed by atoms with van der Waals surface area (Å²) in [6.45, 7) is 5.73. The maximum atomic E-state index is 13.3. The molecule has 1 heterocycles. The van der Waals surface area contributed by atoms with Crippen LogP contribution in [-0.2, 0) is 6.54 Å². The fourth-order valence-corrected chi connectivity index (χ4v) is 3.87. The molecule has 0 atom stereocenters. The van der Waals surface area contributed by atoms with Gasteiger partial charge in [0, 0.05) is 24.0 Å². The van der Waals surface area contributed by atoms with Crippen molar-refractivity contribution in [2.24, 2.45) is 0 Å². The van der Waals surface area contributed by atoms with Crippen LogP contribution in [0.25, 0.3) is 10.8 Å². The van der Waals surface area contributed by atoms with Crippen molar-refractivity contribution in [3.8, 4) is 0 Å². The fourth-order valence-electron chi connectivity index (χ4n) is 3.08. The van der Waals surface area contributed by atoms with Crippen LogP contribution in [0.1, 0.15) is 52.5 Å². The van der Waals surface area contributed by atoms with E-state index in [1.807, 2.05) is 54.3 Å². The van der Waals surface area contributed by atoms with Crippen LogP contribution in [0.4, 0.5) is 0 Å². The molecule has 0 radical (unpaired) electrons. The molecule has 2 amide bonds. The van der Waals surface area contributed by atoms with Crippen molar-refractivity contribution < 1.29 is 9.59 Å². The normalized spacial score (nSPS) is 10.8. The zero-order valence-electron chi connectivity index (χ0n) is 16.3. The molecular weight excluding hydrogens is 370 g/mol. The van der Waals surface area contributed by atoms with Gasteiger partial charge in [0.15, 0.2) is 0 Å². The first kappa shape index (κ1) is 20.0. The SMILES string of the molecule is CCCNC(=O)c1csc(CN(CCC)C(=O)c2cccc3ccccc23)n1. The molecule has 0 aliphatic heterocycles. The number of nitrogens with zero attached hydrogens (tertiary/aromatic N) is 2. The number of benzene rings is 2. The van der Waals surface area contributed by atoms with E-state index in [1.165, 1.54) is 11.3 Å². The lowest BCUT2D eigenvalue weighted by Crippen LogP contribution is -2.31. The quantitative estimate of drug-likeness (QED) is 0.611. The lowest BCUT2D eigenvalue weighted by Gasteiger charge is -2.22. The number of thiazole rings is 1. The summed E-state index contributed by atoms with van der Waals surface area (Å²) in [7, 11) is 0. The van der Waals surface area contributed by atoms with Crippen molar-refractivity contribution in [2.45, 2.75) is 33.2 Å². The second kappa shape index (κ2) is 9.46. The predicted octanol–water partition coefficient (Wildman–Crippen LogP) is 4.49. The Morgan fingerprint density at radius 2 is 1.86 bits per heavy atom. The van der Waals surface area contributed by atoms with E-state index in [0.29, 0.717) is 30.9 Å². The lowest BCUT2D eigenvalue weighted by molar-refractivity contribution is 0.0745. The monoisotopic (exact) mass is 395 g/mol. The fraction of sp³-hybridized carbons (Fsp3) is 0.318. The Labute approximate surface area is 169 Å². The van der Waals surface area contributed by atoms with E-state index in [0.717, 1.165) is 28.6 Å². The van der Waals surface area contributed by atoms with Gasteiger partial charge in [-0.2, -0.15) is 0 Å². The first-order chi connectivity index (χ1) is 13.6. The van der Waals surface area contributed by atoms with Crippen molar-refractivity contribution in [3.63, 3.8) is 0 Å². The maximum absolute atomic E-state index is 13.3. The molecule has 3 rings (SSSR count). The molecule has 28 heavy (non-hydrogen) atoms. The summed E-state index contributed by atoms with van der Waals surface area (Å²) in [5, 5.41) is 7.36. The second-order valence-electron chi connectivity index (χ2n) is 6.64. The summed E-state index contributed by atoms with van der Waals surface area (Å²) < 4.78 is 0. The number of nitrogens with one attached hydrogen (secondary N) is 1. The molecule has 3 aromatic rings. The molecular formula is C22H25N3O2S. The van der Waals surface area contributed by atoms with Crippen molar-refractivity contribution in [3.05, 3.63) is 64.1 Å². The van der Waals surface area contributed by atoms with Gasteiger partial charge in [0.25, 0.3) is 11.8 Å². The van der Waals surface area contributed by atoms with Crippen LogP contribution in [0.2, 0.25) is 0 Å². The second-order valence-corrected chi connectivity index (χ2v) is 7.58. The lowest BCUT2D eigenvalue weighted by atomic mass is 10.0. The Balaban J connectivity index is 1.81. The number of carbonyl (C=O) groups is 2. The van der Waals surface area contributed by atoms with E-state index in [9.17, 15) is 9.59 Å². The average molecular weight is 396 g/mol. The van der Waals surface area contributed by atoms with Gasteiger partial charge >= 0.3 is 0 Å². The predicted molar refractivity (Wildman–Crippen MR) is 114 cm³/mol. The van der Waals surface area contributed by atoms with Crippen molar-refractivity contribution >= 4 is 33.9 Å². The summed E-state index contributed by atoms with van der Waals surface area (Å²) >= 11 is 1.42. The first-order valence-electron chi connectivity index (χ1n) is 9.63. The van der Waals surface area contributed by atoms with Crippen molar-refractivity contribution in [2.75, 3.05) is 13.1 Å². The standard InChI is InChI=1S/C22H25N3O2S/c1-3-12-23-21(26)19-15-28-20(24-19)14-25(13-4-2)22(27)18-11-7-9-16-8-5-6-10-17(16)18/h5-11,15H,3-4,12-14H2,1-2H3,(H,23,26). The summed E-state index contributed by atoms with van der Waals surface area (Å²) in [5.74, 6) is -0.169. The van der Waals surface area contributed by atoms with E-state index >= 15 is 0 Å². The molecule has 5 nitrogen and oxygen atoms in total. The Hall–Kier alpha value is -2.73. The molecule has 1 N–H and O–H groups in total. The molecule has 0 saturated carbocycles. The van der Waals surface area contributed by atoms with E-state index in [1.54, 1.807) is 5.38 Å². The third-order valence-corrected chi connectivity index (χ3v) is 5.28. The van der Waals surface area contributed by atoms with Crippen LogP contribution in [0.3, 0.4) is 0 Å². The van der Waals surface area contributed by atoms with Crippen LogP contribution in [-0.4, -0.2) is 34.8 Å². The van der Waals surface area contributed by atoms with Crippen LogP contribution < -0.4 is 5.32 Å². The number of hydrogen-bond acceptors (Lipinski definition) is 4. The van der Waals surface area contributed by atoms with Gasteiger partial charge in [-0.15, -0.1) is 11.3 Å². The number of fused-ring (bicyclic) bond motifs is 1. The molecule has 0 aliphatic rings. The summed E-state index contributed by atoms with van der Waals surface area (Å²) in [5.41, 5.74) is 1.12. The molecule has 0 aliphatic carbocycles. The Morgan fingerprint density at radius 1 is 1.07 bits per heavy atom. The van der Waals surface area contributed by atoms with Gasteiger partial charge in [-0.1, -0.05) is 50.2 Å². The molecule has 0 spiro atoms. The highest BCUT2D eigenvalue weighted by molar-refractivity contribution is 7.09. The summed E-state index contributed by atoms with van der Waals surface area (Å²) in [4.78, 5) is 31.6. The third kappa shape index (κ3) is 4.57. The van der Waals surface area contributed by atoms with Gasteiger partial charge in [0.1, 0.15) is 10.7 Å². The Kier molecular flexibility index (Phi) is 6.76. The van der Waals surface area contributed by atoms with Gasteiger partial charge in [-0.25, -0.2) is 4.98 Å². The number of rotatable bonds is 8. The molecule has 0 bridgehead atoms. The van der Waals surface area contributed by atoms with Gasteiger partial charge < -0.3 is 10.2 Å². The summed E-state index contributed by atoms with van der Waals surface area (Å²) in [6, 6.07) is 13.7. The highest BCUT2D eigenvalue weighted by Gasteiger charge is 2.20. The van der Waals surface area contributed by atoms with Crippen LogP contribution in [0.15, 0.2) is 47.8 Å². The highest BCUT2D eigenvalue weighted by Crippen LogP contribution is 2.22. The number of carbonyl (C=O) groups excluding carboxylic acids is 2. The minimum absolute atomic E-state index is 0.00849. The molecule has 1 aromatic heterocycles. The zero-order valence-corrected chi connectivity index (χ0v) is 17.1. The van der Waals surface area contributed by atoms with Crippen LogP contribution >= 0.6 is 11.3 Å². The number of hydrogen-bond donors (Lipinski definition) is 1. The molecule has 146 valence electrons. The van der Waals surface area contributed by atoms with Crippen molar-refractivity contribution in [1.82, 2.24) is 15.2 Å². The topological polar surface area (TPSA) is 62.3 Å². The molecule has 0 saturated heterocycles. The van der Waals surface area contributed by atoms with Gasteiger partial charge in [0.05, 0.1) is 6.54 Å². The summed E-state index contributed by atoms with van der Waals surface area (Å²) in [6.07, 6.45) is 1.73. The minimum atomic E-state index is -0.160.